The summed E-state index contributed by atoms with van der Waals surface area (Å²) in [5, 5.41) is 6.79. The van der Waals surface area contributed by atoms with Crippen LogP contribution in [0.25, 0.3) is 0 Å². The van der Waals surface area contributed by atoms with Gasteiger partial charge in [0.05, 0.1) is 5.69 Å². The molecule has 0 fully saturated rings. The Labute approximate surface area is 98.8 Å². The summed E-state index contributed by atoms with van der Waals surface area (Å²) >= 11 is 1.56. The number of hydrogen-bond acceptors (Lipinski definition) is 4. The van der Waals surface area contributed by atoms with Gasteiger partial charge in [0.2, 0.25) is 5.91 Å². The summed E-state index contributed by atoms with van der Waals surface area (Å²) in [5.74, 6) is -0.0981. The van der Waals surface area contributed by atoms with E-state index in [0.717, 1.165) is 30.8 Å². The lowest BCUT2D eigenvalue weighted by molar-refractivity contribution is -0.111. The summed E-state index contributed by atoms with van der Waals surface area (Å²) in [6, 6.07) is 0. The number of anilines is 1. The first kappa shape index (κ1) is 11.3. The molecule has 5 heteroatoms. The summed E-state index contributed by atoms with van der Waals surface area (Å²) in [6.07, 6.45) is 2.53. The molecule has 2 rings (SSSR count). The number of rotatable bonds is 2. The lowest BCUT2D eigenvalue weighted by atomic mass is 10.2. The molecule has 16 heavy (non-hydrogen) atoms. The van der Waals surface area contributed by atoms with Gasteiger partial charge in [-0.3, -0.25) is 10.1 Å². The minimum atomic E-state index is -0.0981. The van der Waals surface area contributed by atoms with Crippen molar-refractivity contribution in [2.75, 3.05) is 11.9 Å². The van der Waals surface area contributed by atoms with Gasteiger partial charge in [-0.25, -0.2) is 4.98 Å². The van der Waals surface area contributed by atoms with Gasteiger partial charge in [0.15, 0.2) is 5.13 Å². The van der Waals surface area contributed by atoms with Crippen LogP contribution in [0.4, 0.5) is 5.13 Å². The highest BCUT2D eigenvalue weighted by atomic mass is 32.1. The SMILES string of the molecule is CC(C)=CC(=O)Nc1nc2c(s1)CNCC2. The first-order valence-electron chi connectivity index (χ1n) is 5.30. The molecule has 0 saturated carbocycles. The first-order chi connectivity index (χ1) is 7.65. The number of carbonyl (C=O) groups is 1. The Bertz CT molecular complexity index is 409. The van der Waals surface area contributed by atoms with Crippen LogP contribution in [0.3, 0.4) is 0 Å². The van der Waals surface area contributed by atoms with Crippen molar-refractivity contribution >= 4 is 22.4 Å². The van der Waals surface area contributed by atoms with Crippen molar-refractivity contribution in [1.29, 1.82) is 0 Å². The zero-order valence-corrected chi connectivity index (χ0v) is 10.3. The minimum Gasteiger partial charge on any atom is -0.311 e. The number of allylic oxidation sites excluding steroid dienone is 1. The van der Waals surface area contributed by atoms with Gasteiger partial charge in [0, 0.05) is 30.5 Å². The Kier molecular flexibility index (Phi) is 3.36. The van der Waals surface area contributed by atoms with Crippen LogP contribution in [0.1, 0.15) is 24.4 Å². The lowest BCUT2D eigenvalue weighted by Gasteiger charge is -2.09. The van der Waals surface area contributed by atoms with Crippen LogP contribution in [0.15, 0.2) is 11.6 Å². The molecule has 0 aromatic carbocycles. The molecular weight excluding hydrogens is 222 g/mol. The van der Waals surface area contributed by atoms with Crippen LogP contribution in [0, 0.1) is 0 Å². The van der Waals surface area contributed by atoms with E-state index in [4.69, 9.17) is 0 Å². The molecule has 1 aliphatic rings. The van der Waals surface area contributed by atoms with Crippen LogP contribution in [0.2, 0.25) is 0 Å². The lowest BCUT2D eigenvalue weighted by Crippen LogP contribution is -2.22. The van der Waals surface area contributed by atoms with Gasteiger partial charge in [-0.05, 0) is 13.8 Å². The van der Waals surface area contributed by atoms with Gasteiger partial charge < -0.3 is 5.32 Å². The zero-order chi connectivity index (χ0) is 11.5. The van der Waals surface area contributed by atoms with E-state index in [-0.39, 0.29) is 5.91 Å². The van der Waals surface area contributed by atoms with Crippen molar-refractivity contribution in [3.05, 3.63) is 22.2 Å². The molecule has 1 aromatic rings. The van der Waals surface area contributed by atoms with Crippen LogP contribution in [0.5, 0.6) is 0 Å². The van der Waals surface area contributed by atoms with Crippen molar-refractivity contribution in [1.82, 2.24) is 10.3 Å². The van der Waals surface area contributed by atoms with Crippen LogP contribution >= 0.6 is 11.3 Å². The van der Waals surface area contributed by atoms with E-state index in [2.05, 4.69) is 15.6 Å². The third-order valence-corrected chi connectivity index (χ3v) is 3.27. The number of amides is 1. The molecule has 0 bridgehead atoms. The Morgan fingerprint density at radius 2 is 2.38 bits per heavy atom. The molecule has 0 unspecified atom stereocenters. The number of nitrogens with zero attached hydrogens (tertiary/aromatic N) is 1. The third-order valence-electron chi connectivity index (χ3n) is 2.25. The van der Waals surface area contributed by atoms with Crippen LogP contribution in [-0.2, 0) is 17.8 Å². The predicted molar refractivity (Wildman–Crippen MR) is 65.6 cm³/mol. The van der Waals surface area contributed by atoms with E-state index >= 15 is 0 Å². The van der Waals surface area contributed by atoms with E-state index in [1.54, 1.807) is 17.4 Å². The number of aromatic nitrogens is 1. The van der Waals surface area contributed by atoms with Crippen molar-refractivity contribution in [2.45, 2.75) is 26.8 Å². The van der Waals surface area contributed by atoms with E-state index in [0.29, 0.717) is 5.13 Å². The maximum Gasteiger partial charge on any atom is 0.250 e. The van der Waals surface area contributed by atoms with Crippen LogP contribution < -0.4 is 10.6 Å². The predicted octanol–water partition coefficient (Wildman–Crippen LogP) is 1.69. The average molecular weight is 237 g/mol. The summed E-state index contributed by atoms with van der Waals surface area (Å²) in [7, 11) is 0. The molecule has 0 atom stereocenters. The number of thiazole rings is 1. The quantitative estimate of drug-likeness (QED) is 0.770. The Balaban J connectivity index is 2.08. The summed E-state index contributed by atoms with van der Waals surface area (Å²) in [4.78, 5) is 17.1. The molecule has 2 heterocycles. The Morgan fingerprint density at radius 3 is 3.06 bits per heavy atom. The molecule has 0 spiro atoms. The first-order valence-corrected chi connectivity index (χ1v) is 6.12. The van der Waals surface area contributed by atoms with E-state index < -0.39 is 0 Å². The molecule has 0 aliphatic carbocycles. The maximum atomic E-state index is 11.5. The maximum absolute atomic E-state index is 11.5. The molecular formula is C11H15N3OS. The van der Waals surface area contributed by atoms with Crippen molar-refractivity contribution < 1.29 is 4.79 Å². The number of nitrogens with one attached hydrogen (secondary N) is 2. The molecule has 1 aliphatic heterocycles. The summed E-state index contributed by atoms with van der Waals surface area (Å²) < 4.78 is 0. The zero-order valence-electron chi connectivity index (χ0n) is 9.46. The van der Waals surface area contributed by atoms with Gasteiger partial charge in [-0.15, -0.1) is 11.3 Å². The van der Waals surface area contributed by atoms with Crippen molar-refractivity contribution in [3.63, 3.8) is 0 Å². The van der Waals surface area contributed by atoms with Gasteiger partial charge in [0.25, 0.3) is 0 Å². The molecule has 0 saturated heterocycles. The van der Waals surface area contributed by atoms with Gasteiger partial charge in [0.1, 0.15) is 0 Å². The summed E-state index contributed by atoms with van der Waals surface area (Å²) in [6.45, 7) is 5.64. The monoisotopic (exact) mass is 237 g/mol. The fourth-order valence-corrected chi connectivity index (χ4v) is 2.56. The van der Waals surface area contributed by atoms with Crippen molar-refractivity contribution in [3.8, 4) is 0 Å². The van der Waals surface area contributed by atoms with Gasteiger partial charge in [-0.2, -0.15) is 0 Å². The smallest absolute Gasteiger partial charge is 0.250 e. The largest absolute Gasteiger partial charge is 0.311 e. The molecule has 86 valence electrons. The second-order valence-electron chi connectivity index (χ2n) is 4.03. The fraction of sp³-hybridized carbons (Fsp3) is 0.455. The summed E-state index contributed by atoms with van der Waals surface area (Å²) in [5.41, 5.74) is 2.11. The van der Waals surface area contributed by atoms with Gasteiger partial charge >= 0.3 is 0 Å². The van der Waals surface area contributed by atoms with Crippen molar-refractivity contribution in [2.24, 2.45) is 0 Å². The highest BCUT2D eigenvalue weighted by Gasteiger charge is 2.15. The molecule has 1 amide bonds. The molecule has 2 N–H and O–H groups in total. The standard InChI is InChI=1S/C11H15N3OS/c1-7(2)5-10(15)14-11-13-8-3-4-12-6-9(8)16-11/h5,12H,3-4,6H2,1-2H3,(H,13,14,15). The molecule has 4 nitrogen and oxygen atoms in total. The highest BCUT2D eigenvalue weighted by Crippen LogP contribution is 2.25. The van der Waals surface area contributed by atoms with Gasteiger partial charge in [-0.1, -0.05) is 5.57 Å². The topological polar surface area (TPSA) is 54.0 Å². The number of fused-ring (bicyclic) bond motifs is 1. The normalized spacial score (nSPS) is 14.1. The Hall–Kier alpha value is -1.20. The van der Waals surface area contributed by atoms with E-state index in [1.165, 1.54) is 4.88 Å². The number of carbonyl (C=O) groups excluding carboxylic acids is 1. The molecule has 1 aromatic heterocycles. The second-order valence-corrected chi connectivity index (χ2v) is 5.11. The average Bonchev–Trinajstić information content (AvgIpc) is 2.57. The molecule has 0 radical (unpaired) electrons. The fourth-order valence-electron chi connectivity index (χ4n) is 1.58. The van der Waals surface area contributed by atoms with Crippen LogP contribution in [-0.4, -0.2) is 17.4 Å². The second kappa shape index (κ2) is 4.76. The number of hydrogen-bond donors (Lipinski definition) is 2. The van der Waals surface area contributed by atoms with E-state index in [1.807, 2.05) is 13.8 Å². The minimum absolute atomic E-state index is 0.0981. The third kappa shape index (κ3) is 2.68. The highest BCUT2D eigenvalue weighted by molar-refractivity contribution is 7.15. The Morgan fingerprint density at radius 1 is 1.56 bits per heavy atom. The van der Waals surface area contributed by atoms with E-state index in [9.17, 15) is 4.79 Å².